The summed E-state index contributed by atoms with van der Waals surface area (Å²) in [6.45, 7) is 0.893. The molecule has 132 valence electrons. The lowest BCUT2D eigenvalue weighted by atomic mass is 10.2. The van der Waals surface area contributed by atoms with E-state index < -0.39 is 4.92 Å². The van der Waals surface area contributed by atoms with Crippen LogP contribution in [0.2, 0.25) is 0 Å². The standard InChI is InChI=1S/C17H18N2O6/c1-23-9-10-25-14-6-3-12(4-7-14)17(20)18-15-8-5-13(19(21)22)11-16(15)24-2/h3-8,11H,9-10H2,1-2H3,(H,18,20). The molecular formula is C17H18N2O6. The molecule has 2 aromatic rings. The normalized spacial score (nSPS) is 10.2. The second kappa shape index (κ2) is 8.65. The Morgan fingerprint density at radius 1 is 1.12 bits per heavy atom. The first kappa shape index (κ1) is 18.2. The molecule has 8 heteroatoms. The van der Waals surface area contributed by atoms with E-state index in [1.54, 1.807) is 31.4 Å². The van der Waals surface area contributed by atoms with Crippen LogP contribution in [0.3, 0.4) is 0 Å². The van der Waals surface area contributed by atoms with Gasteiger partial charge in [-0.05, 0) is 30.3 Å². The molecule has 0 aliphatic carbocycles. The van der Waals surface area contributed by atoms with Gasteiger partial charge in [-0.1, -0.05) is 0 Å². The minimum Gasteiger partial charge on any atom is -0.494 e. The van der Waals surface area contributed by atoms with E-state index >= 15 is 0 Å². The molecule has 1 amide bonds. The molecule has 0 aliphatic rings. The monoisotopic (exact) mass is 346 g/mol. The number of anilines is 1. The van der Waals surface area contributed by atoms with Crippen LogP contribution < -0.4 is 14.8 Å². The fourth-order valence-corrected chi connectivity index (χ4v) is 2.04. The van der Waals surface area contributed by atoms with Gasteiger partial charge >= 0.3 is 0 Å². The van der Waals surface area contributed by atoms with Crippen LogP contribution in [-0.2, 0) is 4.74 Å². The molecule has 0 heterocycles. The Kier molecular flexibility index (Phi) is 6.30. The Bertz CT molecular complexity index is 745. The molecule has 25 heavy (non-hydrogen) atoms. The summed E-state index contributed by atoms with van der Waals surface area (Å²) < 4.78 is 15.4. The molecular weight excluding hydrogens is 328 g/mol. The first-order chi connectivity index (χ1) is 12.0. The molecule has 0 fully saturated rings. The summed E-state index contributed by atoms with van der Waals surface area (Å²) in [7, 11) is 2.96. The smallest absolute Gasteiger partial charge is 0.273 e. The molecule has 0 bridgehead atoms. The number of amides is 1. The fraction of sp³-hybridized carbons (Fsp3) is 0.235. The lowest BCUT2D eigenvalue weighted by molar-refractivity contribution is -0.384. The van der Waals surface area contributed by atoms with Gasteiger partial charge in [0.25, 0.3) is 11.6 Å². The number of benzene rings is 2. The second-order valence-corrected chi connectivity index (χ2v) is 4.96. The summed E-state index contributed by atoms with van der Waals surface area (Å²) in [5.74, 6) is 0.471. The molecule has 1 N–H and O–H groups in total. The van der Waals surface area contributed by atoms with E-state index in [9.17, 15) is 14.9 Å². The molecule has 0 aromatic heterocycles. The van der Waals surface area contributed by atoms with Crippen molar-refractivity contribution >= 4 is 17.3 Å². The molecule has 0 saturated heterocycles. The van der Waals surface area contributed by atoms with Gasteiger partial charge in [-0.3, -0.25) is 14.9 Å². The van der Waals surface area contributed by atoms with E-state index in [0.29, 0.717) is 30.2 Å². The number of nitrogens with one attached hydrogen (secondary N) is 1. The van der Waals surface area contributed by atoms with Crippen molar-refractivity contribution in [2.24, 2.45) is 0 Å². The van der Waals surface area contributed by atoms with Crippen LogP contribution >= 0.6 is 0 Å². The predicted molar refractivity (Wildman–Crippen MR) is 91.4 cm³/mol. The van der Waals surface area contributed by atoms with Crippen molar-refractivity contribution in [3.63, 3.8) is 0 Å². The maximum Gasteiger partial charge on any atom is 0.273 e. The Morgan fingerprint density at radius 3 is 2.44 bits per heavy atom. The van der Waals surface area contributed by atoms with Gasteiger partial charge in [-0.15, -0.1) is 0 Å². The van der Waals surface area contributed by atoms with Crippen molar-refractivity contribution in [1.82, 2.24) is 0 Å². The lowest BCUT2D eigenvalue weighted by Crippen LogP contribution is -2.13. The first-order valence-electron chi connectivity index (χ1n) is 7.40. The molecule has 2 aromatic carbocycles. The number of nitro groups is 1. The van der Waals surface area contributed by atoms with Crippen LogP contribution in [0, 0.1) is 10.1 Å². The van der Waals surface area contributed by atoms with Crippen molar-refractivity contribution in [1.29, 1.82) is 0 Å². The number of carbonyl (C=O) groups is 1. The van der Waals surface area contributed by atoms with Crippen LogP contribution in [0.5, 0.6) is 11.5 Å². The molecule has 0 unspecified atom stereocenters. The molecule has 0 aliphatic heterocycles. The van der Waals surface area contributed by atoms with Gasteiger partial charge in [0.2, 0.25) is 0 Å². The minimum absolute atomic E-state index is 0.118. The zero-order valence-electron chi connectivity index (χ0n) is 13.9. The highest BCUT2D eigenvalue weighted by Gasteiger charge is 2.14. The number of nitrogens with zero attached hydrogens (tertiary/aromatic N) is 1. The highest BCUT2D eigenvalue weighted by atomic mass is 16.6. The van der Waals surface area contributed by atoms with Crippen molar-refractivity contribution in [3.05, 3.63) is 58.1 Å². The largest absolute Gasteiger partial charge is 0.494 e. The molecule has 2 rings (SSSR count). The van der Waals surface area contributed by atoms with Crippen LogP contribution in [-0.4, -0.2) is 38.3 Å². The summed E-state index contributed by atoms with van der Waals surface area (Å²) >= 11 is 0. The van der Waals surface area contributed by atoms with Crippen molar-refractivity contribution in [3.8, 4) is 11.5 Å². The zero-order valence-corrected chi connectivity index (χ0v) is 13.9. The topological polar surface area (TPSA) is 99.9 Å². The molecule has 0 saturated carbocycles. The number of hydrogen-bond acceptors (Lipinski definition) is 6. The Hall–Kier alpha value is -3.13. The summed E-state index contributed by atoms with van der Waals surface area (Å²) in [5.41, 5.74) is 0.644. The first-order valence-corrected chi connectivity index (χ1v) is 7.40. The van der Waals surface area contributed by atoms with E-state index in [1.807, 2.05) is 0 Å². The number of carbonyl (C=O) groups excluding carboxylic acids is 1. The Labute approximate surface area is 144 Å². The molecule has 8 nitrogen and oxygen atoms in total. The van der Waals surface area contributed by atoms with Gasteiger partial charge in [0, 0.05) is 18.7 Å². The number of methoxy groups -OCH3 is 2. The highest BCUT2D eigenvalue weighted by molar-refractivity contribution is 6.05. The van der Waals surface area contributed by atoms with E-state index in [2.05, 4.69) is 5.32 Å². The Morgan fingerprint density at radius 2 is 1.84 bits per heavy atom. The van der Waals surface area contributed by atoms with Crippen molar-refractivity contribution < 1.29 is 23.9 Å². The number of ether oxygens (including phenoxy) is 3. The summed E-state index contributed by atoms with van der Waals surface area (Å²) in [5, 5.41) is 13.5. The number of hydrogen-bond donors (Lipinski definition) is 1. The maximum absolute atomic E-state index is 12.3. The summed E-state index contributed by atoms with van der Waals surface area (Å²) in [6, 6.07) is 10.6. The second-order valence-electron chi connectivity index (χ2n) is 4.96. The molecule has 0 atom stereocenters. The van der Waals surface area contributed by atoms with Crippen LogP contribution in [0.1, 0.15) is 10.4 Å². The molecule has 0 spiro atoms. The van der Waals surface area contributed by atoms with Gasteiger partial charge in [-0.2, -0.15) is 0 Å². The summed E-state index contributed by atoms with van der Waals surface area (Å²) in [4.78, 5) is 22.6. The fourth-order valence-electron chi connectivity index (χ4n) is 2.04. The number of rotatable bonds is 8. The van der Waals surface area contributed by atoms with Gasteiger partial charge in [0.15, 0.2) is 0 Å². The quantitative estimate of drug-likeness (QED) is 0.448. The third-order valence-electron chi connectivity index (χ3n) is 3.32. The highest BCUT2D eigenvalue weighted by Crippen LogP contribution is 2.29. The van der Waals surface area contributed by atoms with Gasteiger partial charge < -0.3 is 19.5 Å². The van der Waals surface area contributed by atoms with Crippen LogP contribution in [0.25, 0.3) is 0 Å². The lowest BCUT2D eigenvalue weighted by Gasteiger charge is -2.10. The number of non-ortho nitro benzene ring substituents is 1. The average molecular weight is 346 g/mol. The minimum atomic E-state index is -0.531. The van der Waals surface area contributed by atoms with E-state index in [1.165, 1.54) is 25.3 Å². The third kappa shape index (κ3) is 4.92. The number of nitro benzene ring substituents is 1. The van der Waals surface area contributed by atoms with Crippen LogP contribution in [0.4, 0.5) is 11.4 Å². The SMILES string of the molecule is COCCOc1ccc(C(=O)Nc2ccc([N+](=O)[O-])cc2OC)cc1. The van der Waals surface area contributed by atoms with Gasteiger partial charge in [0.1, 0.15) is 18.1 Å². The van der Waals surface area contributed by atoms with Crippen molar-refractivity contribution in [2.75, 3.05) is 32.8 Å². The Balaban J connectivity index is 2.07. The average Bonchev–Trinajstić information content (AvgIpc) is 2.62. The van der Waals surface area contributed by atoms with E-state index in [-0.39, 0.29) is 17.3 Å². The predicted octanol–water partition coefficient (Wildman–Crippen LogP) is 2.88. The van der Waals surface area contributed by atoms with Crippen molar-refractivity contribution in [2.45, 2.75) is 0 Å². The van der Waals surface area contributed by atoms with E-state index in [0.717, 1.165) is 0 Å². The third-order valence-corrected chi connectivity index (χ3v) is 3.32. The zero-order chi connectivity index (χ0) is 18.2. The van der Waals surface area contributed by atoms with Crippen LogP contribution in [0.15, 0.2) is 42.5 Å². The van der Waals surface area contributed by atoms with E-state index in [4.69, 9.17) is 14.2 Å². The van der Waals surface area contributed by atoms with Gasteiger partial charge in [-0.25, -0.2) is 0 Å². The maximum atomic E-state index is 12.3. The molecule has 0 radical (unpaired) electrons. The van der Waals surface area contributed by atoms with Gasteiger partial charge in [0.05, 0.1) is 30.4 Å². The summed E-state index contributed by atoms with van der Waals surface area (Å²) in [6.07, 6.45) is 0.